The van der Waals surface area contributed by atoms with E-state index >= 15 is 0 Å². The Morgan fingerprint density at radius 1 is 0.857 bits per heavy atom. The van der Waals surface area contributed by atoms with Gasteiger partial charge in [-0.3, -0.25) is 0 Å². The van der Waals surface area contributed by atoms with E-state index in [9.17, 15) is 0 Å². The maximum atomic E-state index is 5.98. The molecule has 0 spiro atoms. The van der Waals surface area contributed by atoms with Crippen molar-refractivity contribution in [1.82, 2.24) is 0 Å². The lowest BCUT2D eigenvalue weighted by Gasteiger charge is -2.09. The lowest BCUT2D eigenvalue weighted by atomic mass is 10.1. The fourth-order valence-corrected chi connectivity index (χ4v) is 2.66. The summed E-state index contributed by atoms with van der Waals surface area (Å²) in [4.78, 5) is 0. The van der Waals surface area contributed by atoms with E-state index in [1.165, 1.54) is 57.8 Å². The number of rotatable bonds is 12. The predicted octanol–water partition coefficient (Wildman–Crippen LogP) is 6.95. The second kappa shape index (κ2) is 11.9. The van der Waals surface area contributed by atoms with E-state index in [1.807, 2.05) is 18.2 Å². The Labute approximate surface area is 136 Å². The summed E-state index contributed by atoms with van der Waals surface area (Å²) in [5.74, 6) is 0.929. The molecule has 1 aromatic carbocycles. The van der Waals surface area contributed by atoms with Crippen LogP contribution in [0.25, 0.3) is 0 Å². The fourth-order valence-electron chi connectivity index (χ4n) is 2.50. The van der Waals surface area contributed by atoms with Crippen molar-refractivity contribution in [3.63, 3.8) is 0 Å². The zero-order valence-corrected chi connectivity index (χ0v) is 14.6. The van der Waals surface area contributed by atoms with Crippen LogP contribution in [0, 0.1) is 6.92 Å². The second-order valence-corrected chi connectivity index (χ2v) is 6.38. The number of unbranched alkanes of at least 4 members (excludes halogenated alkanes) is 9. The molecule has 0 fully saturated rings. The van der Waals surface area contributed by atoms with Crippen LogP contribution in [0.3, 0.4) is 0 Å². The van der Waals surface area contributed by atoms with Gasteiger partial charge in [0.15, 0.2) is 0 Å². The summed E-state index contributed by atoms with van der Waals surface area (Å²) in [6.07, 6.45) is 13.5. The summed E-state index contributed by atoms with van der Waals surface area (Å²) in [6.45, 7) is 5.13. The van der Waals surface area contributed by atoms with Crippen molar-refractivity contribution >= 4 is 11.6 Å². The van der Waals surface area contributed by atoms with E-state index in [-0.39, 0.29) is 0 Å². The Morgan fingerprint density at radius 2 is 1.43 bits per heavy atom. The van der Waals surface area contributed by atoms with Crippen molar-refractivity contribution in [3.8, 4) is 5.75 Å². The third-order valence-corrected chi connectivity index (χ3v) is 4.14. The number of ether oxygens (including phenoxy) is 1. The first-order chi connectivity index (χ1) is 10.2. The minimum Gasteiger partial charge on any atom is -0.493 e. The molecule has 0 aliphatic rings. The van der Waals surface area contributed by atoms with Crippen molar-refractivity contribution in [2.45, 2.75) is 78.1 Å². The van der Waals surface area contributed by atoms with Crippen molar-refractivity contribution in [2.24, 2.45) is 0 Å². The molecule has 0 bridgehead atoms. The lowest BCUT2D eigenvalue weighted by molar-refractivity contribution is 0.302. The van der Waals surface area contributed by atoms with Gasteiger partial charge in [0.1, 0.15) is 5.75 Å². The average molecular weight is 311 g/mol. The van der Waals surface area contributed by atoms with Crippen LogP contribution in [0.2, 0.25) is 5.02 Å². The van der Waals surface area contributed by atoms with Gasteiger partial charge in [-0.1, -0.05) is 82.4 Å². The van der Waals surface area contributed by atoms with Crippen LogP contribution in [0.4, 0.5) is 0 Å². The highest BCUT2D eigenvalue weighted by molar-refractivity contribution is 6.30. The Balaban J connectivity index is 1.94. The third-order valence-electron chi connectivity index (χ3n) is 3.91. The van der Waals surface area contributed by atoms with E-state index in [4.69, 9.17) is 16.3 Å². The normalized spacial score (nSPS) is 10.8. The molecule has 0 atom stereocenters. The highest BCUT2D eigenvalue weighted by Crippen LogP contribution is 2.22. The summed E-state index contributed by atoms with van der Waals surface area (Å²) >= 11 is 5.98. The Morgan fingerprint density at radius 3 is 2.05 bits per heavy atom. The van der Waals surface area contributed by atoms with Crippen molar-refractivity contribution in [1.29, 1.82) is 0 Å². The molecule has 0 saturated heterocycles. The van der Waals surface area contributed by atoms with E-state index in [0.29, 0.717) is 0 Å². The molecule has 21 heavy (non-hydrogen) atoms. The van der Waals surface area contributed by atoms with Gasteiger partial charge in [0.25, 0.3) is 0 Å². The molecule has 1 rings (SSSR count). The molecular weight excluding hydrogens is 280 g/mol. The van der Waals surface area contributed by atoms with Crippen molar-refractivity contribution in [3.05, 3.63) is 28.8 Å². The standard InChI is InChI=1S/C19H31ClO/c1-3-4-5-6-7-8-9-10-11-12-15-21-19-16-18(20)14-13-17(19)2/h13-14,16H,3-12,15H2,1-2H3. The Hall–Kier alpha value is -0.690. The van der Waals surface area contributed by atoms with Gasteiger partial charge in [-0.15, -0.1) is 0 Å². The topological polar surface area (TPSA) is 9.23 Å². The van der Waals surface area contributed by atoms with Crippen LogP contribution in [0.15, 0.2) is 18.2 Å². The van der Waals surface area contributed by atoms with Crippen LogP contribution in [0.1, 0.15) is 76.7 Å². The maximum Gasteiger partial charge on any atom is 0.123 e. The predicted molar refractivity (Wildman–Crippen MR) is 93.5 cm³/mol. The molecule has 0 aliphatic heterocycles. The Kier molecular flexibility index (Phi) is 10.4. The van der Waals surface area contributed by atoms with Gasteiger partial charge in [0.05, 0.1) is 6.61 Å². The van der Waals surface area contributed by atoms with Crippen LogP contribution in [0.5, 0.6) is 5.75 Å². The first kappa shape index (κ1) is 18.4. The van der Waals surface area contributed by atoms with Crippen molar-refractivity contribution < 1.29 is 4.74 Å². The number of hydrogen-bond acceptors (Lipinski definition) is 1. The summed E-state index contributed by atoms with van der Waals surface area (Å²) in [5, 5.41) is 0.749. The first-order valence-electron chi connectivity index (χ1n) is 8.63. The highest BCUT2D eigenvalue weighted by atomic mass is 35.5. The van der Waals surface area contributed by atoms with Gasteiger partial charge in [0.2, 0.25) is 0 Å². The van der Waals surface area contributed by atoms with Crippen LogP contribution in [-0.2, 0) is 0 Å². The van der Waals surface area contributed by atoms with Crippen molar-refractivity contribution in [2.75, 3.05) is 6.61 Å². The molecule has 1 aromatic rings. The molecule has 0 saturated carbocycles. The lowest BCUT2D eigenvalue weighted by Crippen LogP contribution is -1.98. The van der Waals surface area contributed by atoms with Crippen LogP contribution in [-0.4, -0.2) is 6.61 Å². The largest absolute Gasteiger partial charge is 0.493 e. The maximum absolute atomic E-state index is 5.98. The second-order valence-electron chi connectivity index (χ2n) is 5.94. The van der Waals surface area contributed by atoms with E-state index in [1.54, 1.807) is 0 Å². The smallest absolute Gasteiger partial charge is 0.123 e. The third kappa shape index (κ3) is 9.03. The van der Waals surface area contributed by atoms with Gasteiger partial charge >= 0.3 is 0 Å². The molecule has 120 valence electrons. The summed E-state index contributed by atoms with van der Waals surface area (Å²) in [6, 6.07) is 5.83. The Bertz CT molecular complexity index is 376. The minimum atomic E-state index is 0.749. The zero-order valence-electron chi connectivity index (χ0n) is 13.8. The zero-order chi connectivity index (χ0) is 15.3. The van der Waals surface area contributed by atoms with E-state index < -0.39 is 0 Å². The van der Waals surface area contributed by atoms with Crippen LogP contribution < -0.4 is 4.74 Å². The number of hydrogen-bond donors (Lipinski definition) is 0. The molecular formula is C19H31ClO. The fraction of sp³-hybridized carbons (Fsp3) is 0.684. The molecule has 0 N–H and O–H groups in total. The van der Waals surface area contributed by atoms with Gasteiger partial charge in [0, 0.05) is 5.02 Å². The van der Waals surface area contributed by atoms with E-state index in [2.05, 4.69) is 13.8 Å². The molecule has 0 heterocycles. The molecule has 0 unspecified atom stereocenters. The van der Waals surface area contributed by atoms with Gasteiger partial charge < -0.3 is 4.74 Å². The summed E-state index contributed by atoms with van der Waals surface area (Å²) in [5.41, 5.74) is 1.16. The van der Waals surface area contributed by atoms with E-state index in [0.717, 1.165) is 29.4 Å². The summed E-state index contributed by atoms with van der Waals surface area (Å²) < 4.78 is 5.81. The minimum absolute atomic E-state index is 0.749. The number of halogens is 1. The SMILES string of the molecule is CCCCCCCCCCCCOc1cc(Cl)ccc1C. The highest BCUT2D eigenvalue weighted by Gasteiger charge is 2.00. The molecule has 0 radical (unpaired) electrons. The molecule has 0 amide bonds. The van der Waals surface area contributed by atoms with Gasteiger partial charge in [-0.05, 0) is 31.0 Å². The monoisotopic (exact) mass is 310 g/mol. The molecule has 0 aromatic heterocycles. The molecule has 1 nitrogen and oxygen atoms in total. The number of aryl methyl sites for hydroxylation is 1. The molecule has 2 heteroatoms. The summed E-state index contributed by atoms with van der Waals surface area (Å²) in [7, 11) is 0. The van der Waals surface area contributed by atoms with Crippen LogP contribution >= 0.6 is 11.6 Å². The number of benzene rings is 1. The first-order valence-corrected chi connectivity index (χ1v) is 9.00. The van der Waals surface area contributed by atoms with Gasteiger partial charge in [-0.25, -0.2) is 0 Å². The van der Waals surface area contributed by atoms with Gasteiger partial charge in [-0.2, -0.15) is 0 Å². The average Bonchev–Trinajstić information content (AvgIpc) is 2.48. The quantitative estimate of drug-likeness (QED) is 0.380. The molecule has 0 aliphatic carbocycles.